The van der Waals surface area contributed by atoms with Gasteiger partial charge in [0.15, 0.2) is 18.9 Å². The molecule has 0 aliphatic heterocycles. The quantitative estimate of drug-likeness (QED) is 0.190. The summed E-state index contributed by atoms with van der Waals surface area (Å²) in [5, 5.41) is 73.6. The molecule has 8 N–H and O–H groups in total. The topological polar surface area (TPSA) is 162 Å². The van der Waals surface area contributed by atoms with E-state index in [0.29, 0.717) is 6.42 Å². The summed E-state index contributed by atoms with van der Waals surface area (Å²) in [6.45, 7) is 0. The molecule has 8 heteroatoms. The molecule has 1 atom stereocenters. The van der Waals surface area contributed by atoms with Gasteiger partial charge in [-0.25, -0.2) is 0 Å². The smallest absolute Gasteiger partial charge is 0.151 e. The molecule has 22 heavy (non-hydrogen) atoms. The summed E-state index contributed by atoms with van der Waals surface area (Å²) < 4.78 is 0. The van der Waals surface area contributed by atoms with Crippen LogP contribution in [0.25, 0.3) is 0 Å². The van der Waals surface area contributed by atoms with Crippen molar-refractivity contribution in [3.8, 4) is 0 Å². The Kier molecular flexibility index (Phi) is 11.1. The van der Waals surface area contributed by atoms with Crippen LogP contribution in [0.3, 0.4) is 0 Å². The maximum Gasteiger partial charge on any atom is 0.151 e. The Balaban J connectivity index is 4.45. The van der Waals surface area contributed by atoms with Gasteiger partial charge in [-0.3, -0.25) is 0 Å². The number of rotatable bonds is 13. The highest BCUT2D eigenvalue weighted by molar-refractivity contribution is 4.86. The lowest BCUT2D eigenvalue weighted by molar-refractivity contribution is -0.107. The third-order valence-electron chi connectivity index (χ3n) is 3.70. The van der Waals surface area contributed by atoms with Crippen LogP contribution in [0.15, 0.2) is 0 Å². The molecule has 0 saturated heterocycles. The van der Waals surface area contributed by atoms with Crippen LogP contribution in [0.4, 0.5) is 0 Å². The third-order valence-corrected chi connectivity index (χ3v) is 3.70. The van der Waals surface area contributed by atoms with Crippen LogP contribution in [-0.2, 0) is 0 Å². The van der Waals surface area contributed by atoms with Gasteiger partial charge in [0.2, 0.25) is 0 Å². The molecule has 0 rings (SSSR count). The van der Waals surface area contributed by atoms with Gasteiger partial charge in [0.1, 0.15) is 0 Å². The second kappa shape index (κ2) is 11.3. The van der Waals surface area contributed by atoms with Gasteiger partial charge in [-0.1, -0.05) is 0 Å². The van der Waals surface area contributed by atoms with Crippen molar-refractivity contribution in [1.29, 1.82) is 0 Å². The zero-order valence-electron chi connectivity index (χ0n) is 12.8. The van der Waals surface area contributed by atoms with Crippen molar-refractivity contribution in [3.63, 3.8) is 0 Å². The summed E-state index contributed by atoms with van der Waals surface area (Å²) in [4.78, 5) is 0. The first kappa shape index (κ1) is 21.7. The Morgan fingerprint density at radius 1 is 0.545 bits per heavy atom. The molecule has 1 unspecified atom stereocenters. The molecular weight excluding hydrogens is 296 g/mol. The van der Waals surface area contributed by atoms with Crippen molar-refractivity contribution in [3.05, 3.63) is 0 Å². The number of aliphatic hydroxyl groups excluding tert-OH is 4. The molecule has 0 radical (unpaired) electrons. The van der Waals surface area contributed by atoms with Gasteiger partial charge >= 0.3 is 0 Å². The SMILES string of the molecule is OC(O)CCCC(O)C(O)(CCCC(O)O)CCCC(O)O. The van der Waals surface area contributed by atoms with E-state index < -0.39 is 30.6 Å². The van der Waals surface area contributed by atoms with Crippen LogP contribution >= 0.6 is 0 Å². The largest absolute Gasteiger partial charge is 0.390 e. The van der Waals surface area contributed by atoms with Gasteiger partial charge < -0.3 is 40.9 Å². The maximum absolute atomic E-state index is 10.6. The van der Waals surface area contributed by atoms with Gasteiger partial charge in [-0.15, -0.1) is 0 Å². The Morgan fingerprint density at radius 3 is 1.27 bits per heavy atom. The molecule has 0 aliphatic rings. The minimum atomic E-state index is -1.48. The molecule has 0 aromatic rings. The van der Waals surface area contributed by atoms with E-state index in [1.165, 1.54) is 0 Å². The fourth-order valence-corrected chi connectivity index (χ4v) is 2.40. The van der Waals surface area contributed by atoms with E-state index in [1.54, 1.807) is 0 Å². The van der Waals surface area contributed by atoms with E-state index >= 15 is 0 Å². The highest BCUT2D eigenvalue weighted by Crippen LogP contribution is 2.28. The monoisotopic (exact) mass is 326 g/mol. The molecule has 0 aliphatic carbocycles. The first-order valence-corrected chi connectivity index (χ1v) is 7.66. The molecule has 0 fully saturated rings. The van der Waals surface area contributed by atoms with Crippen molar-refractivity contribution in [2.75, 3.05) is 0 Å². The summed E-state index contributed by atoms with van der Waals surface area (Å²) in [5.74, 6) is 0. The number of aliphatic hydroxyl groups is 8. The predicted octanol–water partition coefficient (Wildman–Crippen LogP) is -1.48. The van der Waals surface area contributed by atoms with Crippen LogP contribution in [-0.4, -0.2) is 71.4 Å². The minimum absolute atomic E-state index is 0.0625. The summed E-state index contributed by atoms with van der Waals surface area (Å²) in [6, 6.07) is 0. The van der Waals surface area contributed by atoms with Gasteiger partial charge in [0.25, 0.3) is 0 Å². The van der Waals surface area contributed by atoms with E-state index in [4.69, 9.17) is 30.6 Å². The normalized spacial score (nSPS) is 14.3. The Bertz CT molecular complexity index is 256. The third kappa shape index (κ3) is 10.4. The van der Waals surface area contributed by atoms with Gasteiger partial charge in [-0.2, -0.15) is 0 Å². The lowest BCUT2D eigenvalue weighted by atomic mass is 9.83. The van der Waals surface area contributed by atoms with Gasteiger partial charge in [0.05, 0.1) is 11.7 Å². The zero-order valence-corrected chi connectivity index (χ0v) is 12.8. The fourth-order valence-electron chi connectivity index (χ4n) is 2.40. The van der Waals surface area contributed by atoms with E-state index in [2.05, 4.69) is 0 Å². The highest BCUT2D eigenvalue weighted by atomic mass is 16.5. The van der Waals surface area contributed by atoms with Crippen molar-refractivity contribution >= 4 is 0 Å². The highest BCUT2D eigenvalue weighted by Gasteiger charge is 2.34. The van der Waals surface area contributed by atoms with Crippen LogP contribution in [0, 0.1) is 0 Å². The first-order valence-electron chi connectivity index (χ1n) is 7.66. The standard InChI is InChI=1S/C14H30O8/c15-10(4-1-5-11(16)17)14(22,8-2-6-12(18)19)9-3-7-13(20)21/h10-13,15-22H,1-9H2. The summed E-state index contributed by atoms with van der Waals surface area (Å²) in [6.07, 6.45) is -4.01. The zero-order chi connectivity index (χ0) is 17.2. The van der Waals surface area contributed by atoms with Crippen LogP contribution < -0.4 is 0 Å². The van der Waals surface area contributed by atoms with Crippen LogP contribution in [0.5, 0.6) is 0 Å². The average molecular weight is 326 g/mol. The predicted molar refractivity (Wildman–Crippen MR) is 77.2 cm³/mol. The van der Waals surface area contributed by atoms with Crippen molar-refractivity contribution < 1.29 is 40.9 Å². The lowest BCUT2D eigenvalue weighted by Crippen LogP contribution is -2.42. The molecule has 0 saturated carbocycles. The molecule has 0 aromatic carbocycles. The lowest BCUT2D eigenvalue weighted by Gasteiger charge is -2.34. The maximum atomic E-state index is 10.6. The van der Waals surface area contributed by atoms with Crippen LogP contribution in [0.2, 0.25) is 0 Å². The van der Waals surface area contributed by atoms with Gasteiger partial charge in [0, 0.05) is 0 Å². The Hall–Kier alpha value is -0.320. The van der Waals surface area contributed by atoms with E-state index in [1.807, 2.05) is 0 Å². The van der Waals surface area contributed by atoms with Crippen molar-refractivity contribution in [2.24, 2.45) is 0 Å². The molecule has 0 bridgehead atoms. The second-order valence-corrected chi connectivity index (χ2v) is 5.78. The average Bonchev–Trinajstić information content (AvgIpc) is 2.37. The minimum Gasteiger partial charge on any atom is -0.390 e. The van der Waals surface area contributed by atoms with E-state index in [9.17, 15) is 10.2 Å². The molecule has 0 aromatic heterocycles. The number of hydrogen-bond donors (Lipinski definition) is 8. The fraction of sp³-hybridized carbons (Fsp3) is 1.00. The van der Waals surface area contributed by atoms with Crippen molar-refractivity contribution in [2.45, 2.75) is 88.4 Å². The molecule has 8 nitrogen and oxygen atoms in total. The van der Waals surface area contributed by atoms with E-state index in [-0.39, 0.29) is 51.4 Å². The van der Waals surface area contributed by atoms with Crippen LogP contribution in [0.1, 0.15) is 57.8 Å². The van der Waals surface area contributed by atoms with Crippen molar-refractivity contribution in [1.82, 2.24) is 0 Å². The summed E-state index contributed by atoms with van der Waals surface area (Å²) >= 11 is 0. The molecular formula is C14H30O8. The first-order chi connectivity index (χ1) is 10.2. The van der Waals surface area contributed by atoms with Gasteiger partial charge in [-0.05, 0) is 57.8 Å². The molecule has 0 spiro atoms. The molecule has 0 heterocycles. The van der Waals surface area contributed by atoms with E-state index in [0.717, 1.165) is 0 Å². The molecule has 0 amide bonds. The second-order valence-electron chi connectivity index (χ2n) is 5.78. The summed E-state index contributed by atoms with van der Waals surface area (Å²) in [7, 11) is 0. The molecule has 134 valence electrons. The number of hydrogen-bond acceptors (Lipinski definition) is 8. The Morgan fingerprint density at radius 2 is 0.909 bits per heavy atom. The Labute approximate surface area is 130 Å². The summed E-state index contributed by atoms with van der Waals surface area (Å²) in [5.41, 5.74) is -1.48.